The number of hydrogen-bond donors (Lipinski definition) is 1. The lowest BCUT2D eigenvalue weighted by molar-refractivity contribution is 0.320. The van der Waals surface area contributed by atoms with Crippen LogP contribution in [0, 0.1) is 5.92 Å². The van der Waals surface area contributed by atoms with Gasteiger partial charge < -0.3 is 5.32 Å². The molecule has 0 bridgehead atoms. The molecule has 3 aromatic rings. The Morgan fingerprint density at radius 1 is 1.04 bits per heavy atom. The monoisotopic (exact) mass is 352 g/mol. The second-order valence-corrected chi connectivity index (χ2v) is 7.10. The number of hydrogen-bond acceptors (Lipinski definition) is 4. The average molecular weight is 353 g/mol. The Morgan fingerprint density at radius 2 is 1.88 bits per heavy atom. The first-order chi connectivity index (χ1) is 12.3. The predicted octanol–water partition coefficient (Wildman–Crippen LogP) is 5.41. The largest absolute Gasteiger partial charge is 0.378 e. The molecule has 1 saturated carbocycles. The predicted molar refractivity (Wildman–Crippen MR) is 102 cm³/mol. The van der Waals surface area contributed by atoms with E-state index < -0.39 is 0 Å². The lowest BCUT2D eigenvalue weighted by Gasteiger charge is -2.32. The van der Waals surface area contributed by atoms with Crippen LogP contribution in [0.25, 0.3) is 11.0 Å². The van der Waals surface area contributed by atoms with Crippen LogP contribution in [0.3, 0.4) is 0 Å². The Hall–Kier alpha value is -2.20. The summed E-state index contributed by atoms with van der Waals surface area (Å²) in [7, 11) is 0. The molecule has 4 nitrogen and oxygen atoms in total. The van der Waals surface area contributed by atoms with Crippen LogP contribution in [-0.2, 0) is 0 Å². The number of nitrogens with zero attached hydrogens (tertiary/aromatic N) is 3. The summed E-state index contributed by atoms with van der Waals surface area (Å²) < 4.78 is 0. The first-order valence-corrected chi connectivity index (χ1v) is 9.26. The molecule has 1 fully saturated rings. The topological polar surface area (TPSA) is 50.7 Å². The normalized spacial score (nSPS) is 16.7. The molecule has 0 aliphatic heterocycles. The summed E-state index contributed by atoms with van der Waals surface area (Å²) in [5, 5.41) is 4.33. The Labute approximate surface area is 152 Å². The Bertz CT molecular complexity index is 847. The molecule has 1 atom stereocenters. The van der Waals surface area contributed by atoms with Gasteiger partial charge in [0.1, 0.15) is 5.52 Å². The zero-order valence-corrected chi connectivity index (χ0v) is 14.8. The van der Waals surface area contributed by atoms with Crippen LogP contribution in [0.15, 0.2) is 49.1 Å². The summed E-state index contributed by atoms with van der Waals surface area (Å²) in [6, 6.07) is 8.37. The van der Waals surface area contributed by atoms with Gasteiger partial charge in [0.2, 0.25) is 0 Å². The molecule has 25 heavy (non-hydrogen) atoms. The minimum atomic E-state index is 0.235. The van der Waals surface area contributed by atoms with Gasteiger partial charge in [-0.15, -0.1) is 0 Å². The van der Waals surface area contributed by atoms with Crippen LogP contribution >= 0.6 is 11.6 Å². The molecule has 128 valence electrons. The van der Waals surface area contributed by atoms with E-state index >= 15 is 0 Å². The molecular formula is C20H21ClN4. The average Bonchev–Trinajstić information content (AvgIpc) is 2.67. The molecule has 0 radical (unpaired) electrons. The molecule has 1 unspecified atom stereocenters. The first kappa shape index (κ1) is 16.3. The number of benzene rings is 1. The van der Waals surface area contributed by atoms with Gasteiger partial charge in [0.15, 0.2) is 0 Å². The van der Waals surface area contributed by atoms with Crippen LogP contribution in [0.1, 0.15) is 43.7 Å². The summed E-state index contributed by atoms with van der Waals surface area (Å²) in [5.74, 6) is 0.606. The first-order valence-electron chi connectivity index (χ1n) is 8.88. The third-order valence-electron chi connectivity index (χ3n) is 5.01. The fourth-order valence-electron chi connectivity index (χ4n) is 3.80. The number of rotatable bonds is 4. The van der Waals surface area contributed by atoms with Crippen molar-refractivity contribution in [1.82, 2.24) is 15.0 Å². The summed E-state index contributed by atoms with van der Waals surface area (Å²) in [4.78, 5) is 13.0. The van der Waals surface area contributed by atoms with Crippen molar-refractivity contribution >= 4 is 28.3 Å². The van der Waals surface area contributed by atoms with E-state index in [1.165, 1.54) is 37.7 Å². The smallest absolute Gasteiger partial charge is 0.107 e. The summed E-state index contributed by atoms with van der Waals surface area (Å²) in [6.45, 7) is 0. The van der Waals surface area contributed by atoms with Crippen molar-refractivity contribution in [3.8, 4) is 0 Å². The van der Waals surface area contributed by atoms with Crippen LogP contribution in [0.2, 0.25) is 5.02 Å². The molecule has 0 amide bonds. The van der Waals surface area contributed by atoms with Crippen molar-refractivity contribution in [3.63, 3.8) is 0 Å². The Morgan fingerprint density at radius 3 is 2.68 bits per heavy atom. The third kappa shape index (κ3) is 3.59. The van der Waals surface area contributed by atoms with E-state index in [2.05, 4.69) is 26.3 Å². The fourth-order valence-corrected chi connectivity index (χ4v) is 4.06. The van der Waals surface area contributed by atoms with Crippen molar-refractivity contribution < 1.29 is 0 Å². The van der Waals surface area contributed by atoms with Crippen LogP contribution in [0.5, 0.6) is 0 Å². The van der Waals surface area contributed by atoms with Crippen molar-refractivity contribution in [2.75, 3.05) is 5.32 Å². The number of anilines is 1. The molecule has 2 aromatic heterocycles. The molecule has 2 heterocycles. The minimum absolute atomic E-state index is 0.235. The number of pyridine rings is 1. The van der Waals surface area contributed by atoms with E-state index in [0.29, 0.717) is 10.9 Å². The van der Waals surface area contributed by atoms with Gasteiger partial charge >= 0.3 is 0 Å². The van der Waals surface area contributed by atoms with Crippen LogP contribution < -0.4 is 5.32 Å². The minimum Gasteiger partial charge on any atom is -0.378 e. The molecule has 0 spiro atoms. The zero-order chi connectivity index (χ0) is 17.1. The highest BCUT2D eigenvalue weighted by Crippen LogP contribution is 2.37. The Balaban J connectivity index is 1.68. The maximum Gasteiger partial charge on any atom is 0.107 e. The maximum absolute atomic E-state index is 6.42. The van der Waals surface area contributed by atoms with Gasteiger partial charge in [-0.25, -0.2) is 0 Å². The van der Waals surface area contributed by atoms with Gasteiger partial charge in [0.05, 0.1) is 16.6 Å². The van der Waals surface area contributed by atoms with E-state index in [1.807, 2.05) is 30.6 Å². The van der Waals surface area contributed by atoms with E-state index in [9.17, 15) is 0 Å². The Kier molecular flexibility index (Phi) is 4.79. The second-order valence-electron chi connectivity index (χ2n) is 6.69. The molecule has 1 aliphatic carbocycles. The lowest BCUT2D eigenvalue weighted by atomic mass is 9.81. The highest BCUT2D eigenvalue weighted by Gasteiger charge is 2.25. The highest BCUT2D eigenvalue weighted by atomic mass is 35.5. The van der Waals surface area contributed by atoms with Gasteiger partial charge in [0, 0.05) is 30.5 Å². The quantitative estimate of drug-likeness (QED) is 0.681. The van der Waals surface area contributed by atoms with Gasteiger partial charge in [-0.1, -0.05) is 36.9 Å². The van der Waals surface area contributed by atoms with E-state index in [4.69, 9.17) is 11.6 Å². The zero-order valence-electron chi connectivity index (χ0n) is 14.0. The molecular weight excluding hydrogens is 332 g/mol. The third-order valence-corrected chi connectivity index (χ3v) is 5.30. The van der Waals surface area contributed by atoms with E-state index in [-0.39, 0.29) is 6.04 Å². The fraction of sp³-hybridized carbons (Fsp3) is 0.350. The molecule has 1 N–H and O–H groups in total. The highest BCUT2D eigenvalue weighted by molar-refractivity contribution is 6.35. The molecule has 5 heteroatoms. The standard InChI is InChI=1S/C20H21ClN4/c21-17-11-16(12-18-20(17)24-10-9-23-18)25-19(14-5-2-1-3-6-14)15-7-4-8-22-13-15/h4,7-14,19,25H,1-3,5-6H2. The van der Waals surface area contributed by atoms with Gasteiger partial charge in [-0.3, -0.25) is 15.0 Å². The summed E-state index contributed by atoms with van der Waals surface area (Å²) >= 11 is 6.42. The summed E-state index contributed by atoms with van der Waals surface area (Å²) in [5.41, 5.74) is 3.76. The molecule has 1 aromatic carbocycles. The van der Waals surface area contributed by atoms with Crippen molar-refractivity contribution in [3.05, 3.63) is 59.6 Å². The number of fused-ring (bicyclic) bond motifs is 1. The lowest BCUT2D eigenvalue weighted by Crippen LogP contribution is -2.23. The molecule has 0 saturated heterocycles. The van der Waals surface area contributed by atoms with Gasteiger partial charge in [-0.05, 0) is 42.5 Å². The van der Waals surface area contributed by atoms with Crippen molar-refractivity contribution in [2.24, 2.45) is 5.92 Å². The van der Waals surface area contributed by atoms with Crippen LogP contribution in [-0.4, -0.2) is 15.0 Å². The van der Waals surface area contributed by atoms with E-state index in [0.717, 1.165) is 16.7 Å². The van der Waals surface area contributed by atoms with Crippen LogP contribution in [0.4, 0.5) is 5.69 Å². The number of nitrogens with one attached hydrogen (secondary N) is 1. The van der Waals surface area contributed by atoms with E-state index in [1.54, 1.807) is 12.4 Å². The molecule has 4 rings (SSSR count). The van der Waals surface area contributed by atoms with Crippen molar-refractivity contribution in [2.45, 2.75) is 38.1 Å². The summed E-state index contributed by atoms with van der Waals surface area (Å²) in [6.07, 6.45) is 13.6. The van der Waals surface area contributed by atoms with Gasteiger partial charge in [-0.2, -0.15) is 0 Å². The van der Waals surface area contributed by atoms with Gasteiger partial charge in [0.25, 0.3) is 0 Å². The number of halogens is 1. The number of aromatic nitrogens is 3. The maximum atomic E-state index is 6.42. The molecule has 1 aliphatic rings. The SMILES string of the molecule is Clc1cc(NC(c2cccnc2)C2CCCCC2)cc2nccnc12. The second kappa shape index (κ2) is 7.36. The van der Waals surface area contributed by atoms with Crippen molar-refractivity contribution in [1.29, 1.82) is 0 Å².